The van der Waals surface area contributed by atoms with Gasteiger partial charge in [-0.05, 0) is 18.1 Å². The number of carbonyl (C=O) groups excluding carboxylic acids is 1. The van der Waals surface area contributed by atoms with Crippen molar-refractivity contribution in [1.82, 2.24) is 4.98 Å². The van der Waals surface area contributed by atoms with Crippen LogP contribution in [-0.4, -0.2) is 10.8 Å². The molecule has 2 nitrogen and oxygen atoms in total. The zero-order chi connectivity index (χ0) is 17.7. The van der Waals surface area contributed by atoms with Crippen molar-refractivity contribution < 1.29 is 4.79 Å². The first-order chi connectivity index (χ1) is 12.3. The highest BCUT2D eigenvalue weighted by atomic mass is 16.1. The Kier molecular flexibility index (Phi) is 9.40. The van der Waals surface area contributed by atoms with Crippen molar-refractivity contribution in [2.75, 3.05) is 0 Å². The minimum absolute atomic E-state index is 0.376. The molecule has 2 heteroatoms. The summed E-state index contributed by atoms with van der Waals surface area (Å²) in [7, 11) is 0. The van der Waals surface area contributed by atoms with E-state index < -0.39 is 0 Å². The predicted octanol–water partition coefficient (Wildman–Crippen LogP) is 6.98. The Morgan fingerprint density at radius 3 is 2.12 bits per heavy atom. The van der Waals surface area contributed by atoms with Gasteiger partial charge in [-0.15, -0.1) is 0 Å². The van der Waals surface area contributed by atoms with Gasteiger partial charge in [-0.2, -0.15) is 0 Å². The van der Waals surface area contributed by atoms with Crippen molar-refractivity contribution in [3.05, 3.63) is 36.0 Å². The first-order valence-electron chi connectivity index (χ1n) is 10.4. The van der Waals surface area contributed by atoms with Crippen LogP contribution in [0.1, 0.15) is 89.5 Å². The van der Waals surface area contributed by atoms with Gasteiger partial charge in [0.2, 0.25) is 0 Å². The summed E-state index contributed by atoms with van der Waals surface area (Å²) in [5.41, 5.74) is 2.27. The molecule has 0 fully saturated rings. The van der Waals surface area contributed by atoms with E-state index in [-0.39, 0.29) is 0 Å². The van der Waals surface area contributed by atoms with Crippen LogP contribution in [0.3, 0.4) is 0 Å². The summed E-state index contributed by atoms with van der Waals surface area (Å²) in [4.78, 5) is 15.5. The first kappa shape index (κ1) is 19.8. The van der Waals surface area contributed by atoms with Crippen LogP contribution < -0.4 is 0 Å². The number of rotatable bonds is 14. The lowest BCUT2D eigenvalue weighted by Crippen LogP contribution is -2.01. The second kappa shape index (κ2) is 11.9. The maximum absolute atomic E-state index is 12.2. The number of aromatic amines is 1. The van der Waals surface area contributed by atoms with Crippen molar-refractivity contribution in [1.29, 1.82) is 0 Å². The minimum Gasteiger partial charge on any atom is -0.361 e. The van der Waals surface area contributed by atoms with Crippen molar-refractivity contribution >= 4 is 16.7 Å². The molecule has 0 aliphatic carbocycles. The molecule has 0 aliphatic heterocycles. The number of carbonyl (C=O) groups is 1. The van der Waals surface area contributed by atoms with Crippen LogP contribution in [0.4, 0.5) is 0 Å². The number of aromatic nitrogens is 1. The molecule has 1 heterocycles. The lowest BCUT2D eigenvalue weighted by atomic mass is 10.0. The topological polar surface area (TPSA) is 32.9 Å². The van der Waals surface area contributed by atoms with Gasteiger partial charge >= 0.3 is 0 Å². The van der Waals surface area contributed by atoms with E-state index in [0.717, 1.165) is 23.9 Å². The van der Waals surface area contributed by atoms with Gasteiger partial charge in [-0.1, -0.05) is 89.3 Å². The van der Waals surface area contributed by atoms with Gasteiger partial charge < -0.3 is 4.98 Å². The molecule has 2 rings (SSSR count). The second-order valence-electron chi connectivity index (χ2n) is 7.36. The van der Waals surface area contributed by atoms with Crippen LogP contribution in [0, 0.1) is 0 Å². The third-order valence-corrected chi connectivity index (χ3v) is 5.12. The Morgan fingerprint density at radius 2 is 1.44 bits per heavy atom. The average Bonchev–Trinajstić information content (AvgIpc) is 3.03. The number of Topliss-reactive ketones (excluding diaryl/α,β-unsaturated/α-hetero) is 1. The Morgan fingerprint density at radius 1 is 0.840 bits per heavy atom. The normalized spacial score (nSPS) is 11.2. The summed E-state index contributed by atoms with van der Waals surface area (Å²) in [6.07, 6.45) is 17.9. The van der Waals surface area contributed by atoms with Crippen molar-refractivity contribution in [3.8, 4) is 0 Å². The van der Waals surface area contributed by atoms with Crippen molar-refractivity contribution in [3.63, 3.8) is 0 Å². The quantitative estimate of drug-likeness (QED) is 0.369. The van der Waals surface area contributed by atoms with E-state index in [2.05, 4.69) is 24.0 Å². The summed E-state index contributed by atoms with van der Waals surface area (Å²) >= 11 is 0. The number of para-hydroxylation sites is 1. The van der Waals surface area contributed by atoms with Gasteiger partial charge in [0.25, 0.3) is 0 Å². The molecule has 0 radical (unpaired) electrons. The van der Waals surface area contributed by atoms with Crippen LogP contribution in [0.5, 0.6) is 0 Å². The lowest BCUT2D eigenvalue weighted by molar-refractivity contribution is -0.118. The van der Waals surface area contributed by atoms with Gasteiger partial charge in [-0.3, -0.25) is 4.79 Å². The van der Waals surface area contributed by atoms with Crippen LogP contribution in [0.25, 0.3) is 10.9 Å². The van der Waals surface area contributed by atoms with E-state index in [4.69, 9.17) is 0 Å². The van der Waals surface area contributed by atoms with Gasteiger partial charge in [0.05, 0.1) is 0 Å². The summed E-state index contributed by atoms with van der Waals surface area (Å²) in [5.74, 6) is 0.376. The lowest BCUT2D eigenvalue weighted by Gasteiger charge is -2.03. The number of nitrogens with one attached hydrogen (secondary N) is 1. The largest absolute Gasteiger partial charge is 0.361 e. The smallest absolute Gasteiger partial charge is 0.137 e. The molecule has 1 N–H and O–H groups in total. The zero-order valence-corrected chi connectivity index (χ0v) is 16.0. The molecule has 0 bridgehead atoms. The fourth-order valence-corrected chi connectivity index (χ4v) is 3.57. The van der Waals surface area contributed by atoms with Gasteiger partial charge in [-0.25, -0.2) is 0 Å². The molecular weight excluding hydrogens is 306 g/mol. The van der Waals surface area contributed by atoms with E-state index in [1.807, 2.05) is 18.3 Å². The highest BCUT2D eigenvalue weighted by molar-refractivity contribution is 5.89. The Bertz CT molecular complexity index is 613. The Labute approximate surface area is 153 Å². The van der Waals surface area contributed by atoms with E-state index >= 15 is 0 Å². The summed E-state index contributed by atoms with van der Waals surface area (Å²) < 4.78 is 0. The zero-order valence-electron chi connectivity index (χ0n) is 16.0. The molecule has 0 unspecified atom stereocenters. The molecule has 138 valence electrons. The average molecular weight is 342 g/mol. The van der Waals surface area contributed by atoms with Crippen LogP contribution >= 0.6 is 0 Å². The SMILES string of the molecule is CCCCCCCCCCCCCC(=O)Cc1c[nH]c2ccccc12. The second-order valence-corrected chi connectivity index (χ2v) is 7.36. The summed E-state index contributed by atoms with van der Waals surface area (Å²) in [5, 5.41) is 1.19. The highest BCUT2D eigenvalue weighted by Crippen LogP contribution is 2.19. The molecule has 0 amide bonds. The molecule has 0 saturated heterocycles. The molecule has 1 aromatic carbocycles. The van der Waals surface area contributed by atoms with Crippen LogP contribution in [0.2, 0.25) is 0 Å². The summed E-state index contributed by atoms with van der Waals surface area (Å²) in [6, 6.07) is 8.22. The van der Waals surface area contributed by atoms with Crippen molar-refractivity contribution in [2.45, 2.75) is 90.4 Å². The van der Waals surface area contributed by atoms with Crippen LogP contribution in [0.15, 0.2) is 30.5 Å². The molecule has 0 spiro atoms. The Balaban J connectivity index is 1.49. The first-order valence-corrected chi connectivity index (χ1v) is 10.4. The fourth-order valence-electron chi connectivity index (χ4n) is 3.57. The molecule has 2 aromatic rings. The number of fused-ring (bicyclic) bond motifs is 1. The number of hydrogen-bond acceptors (Lipinski definition) is 1. The number of hydrogen-bond donors (Lipinski definition) is 1. The van der Waals surface area contributed by atoms with E-state index in [0.29, 0.717) is 12.2 Å². The number of benzene rings is 1. The number of H-pyrrole nitrogens is 1. The fraction of sp³-hybridized carbons (Fsp3) is 0.609. The van der Waals surface area contributed by atoms with E-state index in [1.165, 1.54) is 69.6 Å². The third-order valence-electron chi connectivity index (χ3n) is 5.12. The number of unbranched alkanes of at least 4 members (excludes halogenated alkanes) is 10. The third kappa shape index (κ3) is 7.46. The highest BCUT2D eigenvalue weighted by Gasteiger charge is 2.08. The monoisotopic (exact) mass is 341 g/mol. The van der Waals surface area contributed by atoms with Crippen molar-refractivity contribution in [2.24, 2.45) is 0 Å². The van der Waals surface area contributed by atoms with E-state index in [1.54, 1.807) is 0 Å². The summed E-state index contributed by atoms with van der Waals surface area (Å²) in [6.45, 7) is 2.27. The molecule has 0 saturated carbocycles. The van der Waals surface area contributed by atoms with Gasteiger partial charge in [0, 0.05) is 29.9 Å². The Hall–Kier alpha value is -1.57. The van der Waals surface area contributed by atoms with Crippen LogP contribution in [-0.2, 0) is 11.2 Å². The van der Waals surface area contributed by atoms with Gasteiger partial charge in [0.15, 0.2) is 0 Å². The standard InChI is InChI=1S/C23H35NO/c1-2-3-4-5-6-7-8-9-10-11-12-15-21(25)18-20-19-24-23-17-14-13-16-22(20)23/h13-14,16-17,19,24H,2-12,15,18H2,1H3. The van der Waals surface area contributed by atoms with E-state index in [9.17, 15) is 4.79 Å². The number of ketones is 1. The maximum atomic E-state index is 12.2. The molecule has 0 atom stereocenters. The molecule has 0 aliphatic rings. The predicted molar refractivity (Wildman–Crippen MR) is 108 cm³/mol. The van der Waals surface area contributed by atoms with Gasteiger partial charge in [0.1, 0.15) is 5.78 Å². The maximum Gasteiger partial charge on any atom is 0.137 e. The molecular formula is C23H35NO. The molecule has 1 aromatic heterocycles. The minimum atomic E-state index is 0.376. The molecule has 25 heavy (non-hydrogen) atoms.